The third-order valence-electron chi connectivity index (χ3n) is 1.34. The third kappa shape index (κ3) is 5.80. The average molecular weight is 214 g/mol. The molecule has 74 valence electrons. The van der Waals surface area contributed by atoms with Crippen molar-refractivity contribution in [1.82, 2.24) is 4.72 Å². The number of rotatable bonds is 6. The van der Waals surface area contributed by atoms with Gasteiger partial charge < -0.3 is 0 Å². The Balaban J connectivity index is 3.88. The molecule has 0 heterocycles. The molecule has 0 fully saturated rings. The van der Waals surface area contributed by atoms with Gasteiger partial charge in [0.2, 0.25) is 10.0 Å². The smallest absolute Gasteiger partial charge is 0.211 e. The van der Waals surface area contributed by atoms with Crippen LogP contribution in [0.2, 0.25) is 0 Å². The molecular formula is C7H16ClNO2S. The van der Waals surface area contributed by atoms with Crippen molar-refractivity contribution in [1.29, 1.82) is 0 Å². The van der Waals surface area contributed by atoms with Gasteiger partial charge in [-0.3, -0.25) is 0 Å². The van der Waals surface area contributed by atoms with Crippen LogP contribution in [-0.4, -0.2) is 26.6 Å². The van der Waals surface area contributed by atoms with Crippen LogP contribution in [0, 0.1) is 5.92 Å². The molecule has 1 atom stereocenters. The summed E-state index contributed by atoms with van der Waals surface area (Å²) in [4.78, 5) is 0. The van der Waals surface area contributed by atoms with Crippen molar-refractivity contribution in [3.8, 4) is 0 Å². The number of nitrogens with one attached hydrogen (secondary N) is 1. The highest BCUT2D eigenvalue weighted by Gasteiger charge is 2.13. The van der Waals surface area contributed by atoms with Gasteiger partial charge in [-0.25, -0.2) is 13.1 Å². The molecule has 0 saturated heterocycles. The van der Waals surface area contributed by atoms with Crippen LogP contribution in [0.5, 0.6) is 0 Å². The van der Waals surface area contributed by atoms with Gasteiger partial charge in [-0.1, -0.05) is 13.8 Å². The summed E-state index contributed by atoms with van der Waals surface area (Å²) in [6.07, 6.45) is 0.814. The summed E-state index contributed by atoms with van der Waals surface area (Å²) in [5.74, 6) is 0.518. The molecule has 1 unspecified atom stereocenters. The molecule has 0 saturated carbocycles. The zero-order chi connectivity index (χ0) is 9.61. The van der Waals surface area contributed by atoms with Crippen molar-refractivity contribution in [2.24, 2.45) is 5.92 Å². The van der Waals surface area contributed by atoms with Crippen LogP contribution >= 0.6 is 11.6 Å². The topological polar surface area (TPSA) is 46.2 Å². The summed E-state index contributed by atoms with van der Waals surface area (Å²) in [5, 5.41) is 0. The van der Waals surface area contributed by atoms with Crippen molar-refractivity contribution in [3.05, 3.63) is 0 Å². The summed E-state index contributed by atoms with van der Waals surface area (Å²) in [5.41, 5.74) is 0. The van der Waals surface area contributed by atoms with Crippen molar-refractivity contribution >= 4 is 21.6 Å². The molecule has 0 aliphatic rings. The van der Waals surface area contributed by atoms with Crippen molar-refractivity contribution in [2.45, 2.75) is 20.3 Å². The Morgan fingerprint density at radius 3 is 2.50 bits per heavy atom. The highest BCUT2D eigenvalue weighted by atomic mass is 35.5. The summed E-state index contributed by atoms with van der Waals surface area (Å²) < 4.78 is 24.9. The number of hydrogen-bond acceptors (Lipinski definition) is 2. The minimum Gasteiger partial charge on any atom is -0.215 e. The Kier molecular flexibility index (Phi) is 5.88. The first-order valence-corrected chi connectivity index (χ1v) is 6.23. The SMILES string of the molecule is CCCNS(=O)(=O)CC(C)CCl. The van der Waals surface area contributed by atoms with E-state index in [2.05, 4.69) is 4.72 Å². The molecule has 5 heteroatoms. The zero-order valence-corrected chi connectivity index (χ0v) is 9.08. The molecule has 1 N–H and O–H groups in total. The molecule has 0 radical (unpaired) electrons. The predicted octanol–water partition coefficient (Wildman–Crippen LogP) is 1.19. The summed E-state index contributed by atoms with van der Waals surface area (Å²) in [7, 11) is -3.09. The van der Waals surface area contributed by atoms with Gasteiger partial charge in [0.25, 0.3) is 0 Å². The molecule has 0 rings (SSSR count). The number of hydrogen-bond donors (Lipinski definition) is 1. The Morgan fingerprint density at radius 2 is 2.08 bits per heavy atom. The highest BCUT2D eigenvalue weighted by molar-refractivity contribution is 7.89. The molecule has 0 aromatic carbocycles. The van der Waals surface area contributed by atoms with E-state index in [4.69, 9.17) is 11.6 Å². The first-order chi connectivity index (χ1) is 5.52. The standard InChI is InChI=1S/C7H16ClNO2S/c1-3-4-9-12(10,11)6-7(2)5-8/h7,9H,3-6H2,1-2H3. The van der Waals surface area contributed by atoms with Gasteiger partial charge in [0.05, 0.1) is 5.75 Å². The van der Waals surface area contributed by atoms with E-state index in [1.807, 2.05) is 13.8 Å². The van der Waals surface area contributed by atoms with E-state index in [1.165, 1.54) is 0 Å². The van der Waals surface area contributed by atoms with Crippen LogP contribution in [0.3, 0.4) is 0 Å². The summed E-state index contributed by atoms with van der Waals surface area (Å²) in [6.45, 7) is 4.25. The lowest BCUT2D eigenvalue weighted by molar-refractivity contribution is 0.568. The quantitative estimate of drug-likeness (QED) is 0.674. The maximum atomic E-state index is 11.2. The zero-order valence-electron chi connectivity index (χ0n) is 7.51. The molecule has 0 aliphatic heterocycles. The van der Waals surface area contributed by atoms with Crippen LogP contribution < -0.4 is 4.72 Å². The van der Waals surface area contributed by atoms with Gasteiger partial charge in [-0.05, 0) is 12.3 Å². The normalized spacial score (nSPS) is 14.6. The van der Waals surface area contributed by atoms with Crippen LogP contribution in [0.4, 0.5) is 0 Å². The molecule has 0 aliphatic carbocycles. The van der Waals surface area contributed by atoms with Gasteiger partial charge in [-0.15, -0.1) is 11.6 Å². The molecular weight excluding hydrogens is 198 g/mol. The van der Waals surface area contributed by atoms with Gasteiger partial charge in [0, 0.05) is 12.4 Å². The maximum absolute atomic E-state index is 11.2. The van der Waals surface area contributed by atoms with Gasteiger partial charge in [0.1, 0.15) is 0 Å². The lowest BCUT2D eigenvalue weighted by Crippen LogP contribution is -2.30. The second kappa shape index (κ2) is 5.78. The fourth-order valence-electron chi connectivity index (χ4n) is 0.736. The van der Waals surface area contributed by atoms with E-state index in [0.29, 0.717) is 12.4 Å². The Bertz CT molecular complexity index is 203. The fraction of sp³-hybridized carbons (Fsp3) is 1.00. The van der Waals surface area contributed by atoms with Gasteiger partial charge in [-0.2, -0.15) is 0 Å². The minimum absolute atomic E-state index is 0.0148. The van der Waals surface area contributed by atoms with E-state index < -0.39 is 10.0 Å². The van der Waals surface area contributed by atoms with Crippen molar-refractivity contribution in [3.63, 3.8) is 0 Å². The summed E-state index contributed by atoms with van der Waals surface area (Å²) >= 11 is 5.50. The lowest BCUT2D eigenvalue weighted by Gasteiger charge is -2.08. The Labute approximate surface area is 79.5 Å². The molecule has 3 nitrogen and oxygen atoms in total. The average Bonchev–Trinajstić information content (AvgIpc) is 2.00. The van der Waals surface area contributed by atoms with Gasteiger partial charge in [0.15, 0.2) is 0 Å². The molecule has 0 bridgehead atoms. The number of sulfonamides is 1. The second-order valence-corrected chi connectivity index (χ2v) is 5.10. The molecule has 0 amide bonds. The van der Waals surface area contributed by atoms with E-state index in [9.17, 15) is 8.42 Å². The third-order valence-corrected chi connectivity index (χ3v) is 3.52. The first kappa shape index (κ1) is 12.2. The Morgan fingerprint density at radius 1 is 1.50 bits per heavy atom. The maximum Gasteiger partial charge on any atom is 0.211 e. The molecule has 12 heavy (non-hydrogen) atoms. The number of halogens is 1. The van der Waals surface area contributed by atoms with Gasteiger partial charge >= 0.3 is 0 Å². The van der Waals surface area contributed by atoms with E-state index in [1.54, 1.807) is 0 Å². The molecule has 0 spiro atoms. The predicted molar refractivity (Wildman–Crippen MR) is 52.0 cm³/mol. The van der Waals surface area contributed by atoms with E-state index in [-0.39, 0.29) is 11.7 Å². The second-order valence-electron chi connectivity index (χ2n) is 2.94. The molecule has 0 aromatic heterocycles. The van der Waals surface area contributed by atoms with Crippen LogP contribution in [0.15, 0.2) is 0 Å². The van der Waals surface area contributed by atoms with E-state index >= 15 is 0 Å². The van der Waals surface area contributed by atoms with Crippen molar-refractivity contribution < 1.29 is 8.42 Å². The molecule has 0 aromatic rings. The Hall–Kier alpha value is 0.200. The van der Waals surface area contributed by atoms with Crippen LogP contribution in [0.25, 0.3) is 0 Å². The largest absolute Gasteiger partial charge is 0.215 e. The first-order valence-electron chi connectivity index (χ1n) is 4.05. The van der Waals surface area contributed by atoms with Crippen LogP contribution in [0.1, 0.15) is 20.3 Å². The summed E-state index contributed by atoms with van der Waals surface area (Å²) in [6, 6.07) is 0. The fourth-order valence-corrected chi connectivity index (χ4v) is 2.47. The lowest BCUT2D eigenvalue weighted by atomic mass is 10.3. The van der Waals surface area contributed by atoms with Crippen LogP contribution in [-0.2, 0) is 10.0 Å². The highest BCUT2D eigenvalue weighted by Crippen LogP contribution is 2.01. The van der Waals surface area contributed by atoms with E-state index in [0.717, 1.165) is 6.42 Å². The minimum atomic E-state index is -3.09. The number of alkyl halides is 1. The monoisotopic (exact) mass is 213 g/mol. The van der Waals surface area contributed by atoms with Crippen molar-refractivity contribution in [2.75, 3.05) is 18.2 Å².